The van der Waals surface area contributed by atoms with Gasteiger partial charge >= 0.3 is 0 Å². The highest BCUT2D eigenvalue weighted by molar-refractivity contribution is 6.03. The molecule has 0 aliphatic heterocycles. The zero-order chi connectivity index (χ0) is 41.9. The second kappa shape index (κ2) is 14.2. The van der Waals surface area contributed by atoms with Crippen molar-refractivity contribution in [2.45, 2.75) is 101 Å². The fraction of sp³-hybridized carbons (Fsp3) is 0.258. The van der Waals surface area contributed by atoms with Crippen molar-refractivity contribution in [1.82, 2.24) is 0 Å². The molecule has 5 aliphatic rings. The van der Waals surface area contributed by atoms with E-state index in [9.17, 15) is 0 Å². The summed E-state index contributed by atoms with van der Waals surface area (Å²) >= 11 is 0. The first-order chi connectivity index (χ1) is 31.0. The SMILES string of the molecule is CC1(C)c2ccccc2-c2ccc(N(c3ccc4c(c3)C3(c5ccccc5-c5ccc(C6CCCCC6)cc53)c3ccccc3-4)c3c(C4CCCCC4)ccc4ccccc34)cc21. The molecule has 308 valence electrons. The summed E-state index contributed by atoms with van der Waals surface area (Å²) in [5, 5.41) is 2.63. The Bertz CT molecular complexity index is 3120. The molecule has 2 saturated carbocycles. The molecule has 13 rings (SSSR count). The van der Waals surface area contributed by atoms with Crippen LogP contribution < -0.4 is 4.90 Å². The predicted octanol–water partition coefficient (Wildman–Crippen LogP) is 17.1. The Morgan fingerprint density at radius 2 is 0.889 bits per heavy atom. The Morgan fingerprint density at radius 3 is 1.56 bits per heavy atom. The highest BCUT2D eigenvalue weighted by Crippen LogP contribution is 2.64. The average Bonchev–Trinajstić information content (AvgIpc) is 3.90. The van der Waals surface area contributed by atoms with Crippen LogP contribution in [0, 0.1) is 0 Å². The third-order valence-corrected chi connectivity index (χ3v) is 16.5. The fourth-order valence-electron chi connectivity index (χ4n) is 13.5. The van der Waals surface area contributed by atoms with E-state index >= 15 is 0 Å². The molecule has 1 nitrogen and oxygen atoms in total. The van der Waals surface area contributed by atoms with Crippen LogP contribution in [0.25, 0.3) is 44.2 Å². The smallest absolute Gasteiger partial charge is 0.0726 e. The maximum atomic E-state index is 2.70. The molecule has 0 saturated heterocycles. The molecule has 0 amide bonds. The van der Waals surface area contributed by atoms with Gasteiger partial charge in [0.2, 0.25) is 0 Å². The highest BCUT2D eigenvalue weighted by Gasteiger charge is 2.52. The lowest BCUT2D eigenvalue weighted by Gasteiger charge is -2.35. The lowest BCUT2D eigenvalue weighted by molar-refractivity contribution is 0.443. The van der Waals surface area contributed by atoms with Gasteiger partial charge in [-0.3, -0.25) is 0 Å². The van der Waals surface area contributed by atoms with Crippen LogP contribution in [0.15, 0.2) is 164 Å². The normalized spacial score (nSPS) is 19.3. The number of nitrogens with zero attached hydrogens (tertiary/aromatic N) is 1. The van der Waals surface area contributed by atoms with Crippen molar-refractivity contribution in [2.75, 3.05) is 4.90 Å². The van der Waals surface area contributed by atoms with Gasteiger partial charge in [-0.15, -0.1) is 0 Å². The summed E-state index contributed by atoms with van der Waals surface area (Å²) in [5.41, 5.74) is 23.1. The lowest BCUT2D eigenvalue weighted by atomic mass is 9.69. The summed E-state index contributed by atoms with van der Waals surface area (Å²) < 4.78 is 0. The quantitative estimate of drug-likeness (QED) is 0.167. The first kappa shape index (κ1) is 37.4. The van der Waals surface area contributed by atoms with Crippen molar-refractivity contribution in [3.63, 3.8) is 0 Å². The van der Waals surface area contributed by atoms with Gasteiger partial charge in [0, 0.05) is 22.2 Å². The topological polar surface area (TPSA) is 3.24 Å². The van der Waals surface area contributed by atoms with Gasteiger partial charge in [-0.05, 0) is 145 Å². The van der Waals surface area contributed by atoms with Gasteiger partial charge in [0.15, 0.2) is 0 Å². The fourth-order valence-corrected chi connectivity index (χ4v) is 13.5. The first-order valence-electron chi connectivity index (χ1n) is 24.1. The Kier molecular flexibility index (Phi) is 8.41. The van der Waals surface area contributed by atoms with Gasteiger partial charge in [0.25, 0.3) is 0 Å². The second-order valence-corrected chi connectivity index (χ2v) is 20.0. The van der Waals surface area contributed by atoms with Crippen LogP contribution in [0.4, 0.5) is 17.1 Å². The zero-order valence-corrected chi connectivity index (χ0v) is 36.8. The van der Waals surface area contributed by atoms with E-state index in [-0.39, 0.29) is 5.41 Å². The van der Waals surface area contributed by atoms with Gasteiger partial charge in [-0.1, -0.05) is 192 Å². The standard InChI is InChI=1S/C62H55N/c1-61(2)54-26-14-11-23-48(54)51-35-31-44(38-57(51)61)63(60-46-22-10-9-21-42(46)29-33-47(60)41-19-7-4-8-20-41)45-32-36-53-50-25-13-16-28-56(50)62(59(53)39-45)55-27-15-12-24-49(55)52-34-30-43(37-58(52)62)40-17-5-3-6-18-40/h9-16,21-41H,3-8,17-20H2,1-2H3. The van der Waals surface area contributed by atoms with E-state index < -0.39 is 5.41 Å². The number of anilines is 3. The van der Waals surface area contributed by atoms with E-state index in [1.165, 1.54) is 170 Å². The van der Waals surface area contributed by atoms with Crippen molar-refractivity contribution >= 4 is 27.8 Å². The molecule has 0 bridgehead atoms. The molecule has 1 heteroatoms. The van der Waals surface area contributed by atoms with Gasteiger partial charge in [0.1, 0.15) is 0 Å². The van der Waals surface area contributed by atoms with Crippen LogP contribution in [-0.4, -0.2) is 0 Å². The zero-order valence-electron chi connectivity index (χ0n) is 36.8. The molecule has 2 fully saturated rings. The minimum atomic E-state index is -0.420. The molecule has 63 heavy (non-hydrogen) atoms. The molecule has 0 aromatic heterocycles. The minimum Gasteiger partial charge on any atom is -0.310 e. The minimum absolute atomic E-state index is 0.116. The molecule has 1 atom stereocenters. The van der Waals surface area contributed by atoms with Gasteiger partial charge < -0.3 is 4.90 Å². The van der Waals surface area contributed by atoms with E-state index in [0.29, 0.717) is 11.8 Å². The van der Waals surface area contributed by atoms with Gasteiger partial charge in [-0.25, -0.2) is 0 Å². The maximum Gasteiger partial charge on any atom is 0.0726 e. The summed E-state index contributed by atoms with van der Waals surface area (Å²) in [6.45, 7) is 4.84. The molecule has 0 heterocycles. The predicted molar refractivity (Wildman–Crippen MR) is 264 cm³/mol. The van der Waals surface area contributed by atoms with E-state index in [4.69, 9.17) is 0 Å². The van der Waals surface area contributed by atoms with Crippen molar-refractivity contribution in [1.29, 1.82) is 0 Å². The molecule has 1 spiro atoms. The van der Waals surface area contributed by atoms with E-state index in [2.05, 4.69) is 183 Å². The number of hydrogen-bond acceptors (Lipinski definition) is 1. The summed E-state index contributed by atoms with van der Waals surface area (Å²) in [7, 11) is 0. The van der Waals surface area contributed by atoms with Crippen molar-refractivity contribution in [3.05, 3.63) is 208 Å². The number of benzene rings is 8. The third kappa shape index (κ3) is 5.35. The molecule has 0 radical (unpaired) electrons. The van der Waals surface area contributed by atoms with Crippen molar-refractivity contribution < 1.29 is 0 Å². The molecule has 5 aliphatic carbocycles. The Hall–Kier alpha value is -6.18. The lowest BCUT2D eigenvalue weighted by Crippen LogP contribution is -2.26. The molecule has 0 N–H and O–H groups in total. The van der Waals surface area contributed by atoms with Gasteiger partial charge in [0.05, 0.1) is 11.1 Å². The summed E-state index contributed by atoms with van der Waals surface area (Å²) in [6.07, 6.45) is 13.0. The Labute approximate surface area is 373 Å². The highest BCUT2D eigenvalue weighted by atomic mass is 15.1. The van der Waals surface area contributed by atoms with Crippen LogP contribution in [0.2, 0.25) is 0 Å². The molecular weight excluding hydrogens is 759 g/mol. The maximum absolute atomic E-state index is 2.70. The molecule has 8 aromatic carbocycles. The molecule has 8 aromatic rings. The number of fused-ring (bicyclic) bond motifs is 14. The van der Waals surface area contributed by atoms with Gasteiger partial charge in [-0.2, -0.15) is 0 Å². The van der Waals surface area contributed by atoms with E-state index in [1.54, 1.807) is 0 Å². The van der Waals surface area contributed by atoms with Crippen LogP contribution >= 0.6 is 0 Å². The van der Waals surface area contributed by atoms with Crippen molar-refractivity contribution in [2.24, 2.45) is 0 Å². The van der Waals surface area contributed by atoms with Crippen LogP contribution in [0.5, 0.6) is 0 Å². The molecular formula is C62H55N. The van der Waals surface area contributed by atoms with E-state index in [0.717, 1.165) is 0 Å². The van der Waals surface area contributed by atoms with Crippen molar-refractivity contribution in [3.8, 4) is 33.4 Å². The van der Waals surface area contributed by atoms with Crippen LogP contribution in [-0.2, 0) is 10.8 Å². The summed E-state index contributed by atoms with van der Waals surface area (Å²) in [4.78, 5) is 2.70. The Balaban J connectivity index is 1.10. The second-order valence-electron chi connectivity index (χ2n) is 20.0. The monoisotopic (exact) mass is 813 g/mol. The average molecular weight is 814 g/mol. The third-order valence-electron chi connectivity index (χ3n) is 16.5. The summed E-state index contributed by atoms with van der Waals surface area (Å²) in [5.74, 6) is 1.15. The first-order valence-corrected chi connectivity index (χ1v) is 24.1. The molecule has 1 unspecified atom stereocenters. The van der Waals surface area contributed by atoms with Crippen LogP contribution in [0.1, 0.15) is 134 Å². The largest absolute Gasteiger partial charge is 0.310 e. The number of hydrogen-bond donors (Lipinski definition) is 0. The van der Waals surface area contributed by atoms with Crippen LogP contribution in [0.3, 0.4) is 0 Å². The van der Waals surface area contributed by atoms with E-state index in [1.807, 2.05) is 0 Å². The summed E-state index contributed by atoms with van der Waals surface area (Å²) in [6, 6.07) is 64.4. The Morgan fingerprint density at radius 1 is 0.397 bits per heavy atom. The number of rotatable bonds is 5.